The second-order valence-electron chi connectivity index (χ2n) is 6.91. The largest absolute Gasteiger partial charge is 0.374 e. The van der Waals surface area contributed by atoms with Crippen molar-refractivity contribution in [2.75, 3.05) is 26.2 Å². The van der Waals surface area contributed by atoms with E-state index in [0.29, 0.717) is 17.4 Å². The summed E-state index contributed by atoms with van der Waals surface area (Å²) < 4.78 is 32.6. The monoisotopic (exact) mass is 437 g/mol. The summed E-state index contributed by atoms with van der Waals surface area (Å²) in [7, 11) is -3.79. The maximum absolute atomic E-state index is 12.9. The second-order valence-corrected chi connectivity index (χ2v) is 9.66. The fraction of sp³-hybridized carbons (Fsp3) is 0.588. The van der Waals surface area contributed by atoms with Crippen LogP contribution in [0.4, 0.5) is 0 Å². The number of halogens is 2. The first-order valence-corrected chi connectivity index (χ1v) is 10.9. The van der Waals surface area contributed by atoms with Gasteiger partial charge in [-0.25, -0.2) is 8.42 Å². The van der Waals surface area contributed by atoms with Crippen LogP contribution in [0.5, 0.6) is 0 Å². The van der Waals surface area contributed by atoms with Gasteiger partial charge < -0.3 is 15.8 Å². The van der Waals surface area contributed by atoms with Crippen molar-refractivity contribution in [1.29, 1.82) is 0 Å². The number of nitrogens with zero attached hydrogens (tertiary/aromatic N) is 1. The standard InChI is InChI=1S/C17H25Cl2N3O4S/c1-11(2)7-15(20)17(23)21-9-13-10-22(5-6-26-13)27(24,25)16-4-3-12(18)8-14(16)19/h3-4,8,11,13,15H,5-7,9-10,20H2,1-2H3,(H,21,23)/t13?,15-/m0/s1. The van der Waals surface area contributed by atoms with Gasteiger partial charge in [0, 0.05) is 24.7 Å². The third-order valence-corrected chi connectivity index (χ3v) is 6.76. The third kappa shape index (κ3) is 6.04. The van der Waals surface area contributed by atoms with Crippen molar-refractivity contribution in [2.24, 2.45) is 11.7 Å². The SMILES string of the molecule is CC(C)C[C@H](N)C(=O)NCC1CN(S(=O)(=O)c2ccc(Cl)cc2Cl)CCO1. The highest BCUT2D eigenvalue weighted by Crippen LogP contribution is 2.28. The third-order valence-electron chi connectivity index (χ3n) is 4.18. The fourth-order valence-corrected chi connectivity index (χ4v) is 5.02. The Bertz CT molecular complexity index is 773. The smallest absolute Gasteiger partial charge is 0.244 e. The number of amides is 1. The van der Waals surface area contributed by atoms with Gasteiger partial charge in [0.05, 0.1) is 23.8 Å². The van der Waals surface area contributed by atoms with Crippen LogP contribution in [0.1, 0.15) is 20.3 Å². The summed E-state index contributed by atoms with van der Waals surface area (Å²) in [6.07, 6.45) is 0.113. The van der Waals surface area contributed by atoms with Gasteiger partial charge >= 0.3 is 0 Å². The first-order chi connectivity index (χ1) is 12.6. The number of carbonyl (C=O) groups excluding carboxylic acids is 1. The maximum atomic E-state index is 12.9. The van der Waals surface area contributed by atoms with Crippen molar-refractivity contribution in [3.63, 3.8) is 0 Å². The second kappa shape index (κ2) is 9.54. The van der Waals surface area contributed by atoms with Crippen molar-refractivity contribution in [3.05, 3.63) is 28.2 Å². The van der Waals surface area contributed by atoms with Crippen LogP contribution in [0.25, 0.3) is 0 Å². The molecule has 2 rings (SSSR count). The minimum absolute atomic E-state index is 0.00259. The molecule has 1 saturated heterocycles. The number of nitrogens with one attached hydrogen (secondary N) is 1. The molecule has 3 N–H and O–H groups in total. The van der Waals surface area contributed by atoms with Gasteiger partial charge in [0.25, 0.3) is 0 Å². The predicted octanol–water partition coefficient (Wildman–Crippen LogP) is 1.87. The predicted molar refractivity (Wildman–Crippen MR) is 105 cm³/mol. The van der Waals surface area contributed by atoms with Crippen molar-refractivity contribution < 1.29 is 17.9 Å². The highest BCUT2D eigenvalue weighted by Gasteiger charge is 2.32. The molecule has 0 spiro atoms. The summed E-state index contributed by atoms with van der Waals surface area (Å²) in [6.45, 7) is 4.71. The lowest BCUT2D eigenvalue weighted by molar-refractivity contribution is -0.123. The number of hydrogen-bond donors (Lipinski definition) is 2. The van der Waals surface area contributed by atoms with Gasteiger partial charge in [-0.1, -0.05) is 37.0 Å². The summed E-state index contributed by atoms with van der Waals surface area (Å²) >= 11 is 11.9. The average Bonchev–Trinajstić information content (AvgIpc) is 2.59. The molecule has 1 aliphatic heterocycles. The van der Waals surface area contributed by atoms with Gasteiger partial charge in [0.1, 0.15) is 4.90 Å². The molecule has 0 aromatic heterocycles. The number of nitrogens with two attached hydrogens (primary N) is 1. The number of carbonyl (C=O) groups is 1. The molecule has 1 amide bonds. The lowest BCUT2D eigenvalue weighted by atomic mass is 10.0. The molecule has 1 fully saturated rings. The fourth-order valence-electron chi connectivity index (χ4n) is 2.82. The van der Waals surface area contributed by atoms with E-state index in [0.717, 1.165) is 0 Å². The Hall–Kier alpha value is -0.900. The lowest BCUT2D eigenvalue weighted by Gasteiger charge is -2.32. The molecule has 7 nitrogen and oxygen atoms in total. The van der Waals surface area contributed by atoms with E-state index in [1.54, 1.807) is 0 Å². The molecule has 1 aliphatic rings. The van der Waals surface area contributed by atoms with Gasteiger partial charge in [-0.3, -0.25) is 4.79 Å². The molecule has 2 atom stereocenters. The van der Waals surface area contributed by atoms with Crippen LogP contribution >= 0.6 is 23.2 Å². The quantitative estimate of drug-likeness (QED) is 0.677. The number of morpholine rings is 1. The van der Waals surface area contributed by atoms with Gasteiger partial charge in [-0.2, -0.15) is 4.31 Å². The van der Waals surface area contributed by atoms with E-state index < -0.39 is 22.2 Å². The molecule has 0 saturated carbocycles. The minimum atomic E-state index is -3.79. The van der Waals surface area contributed by atoms with Gasteiger partial charge in [-0.15, -0.1) is 0 Å². The van der Waals surface area contributed by atoms with Gasteiger partial charge in [0.15, 0.2) is 0 Å². The number of hydrogen-bond acceptors (Lipinski definition) is 5. The molecular formula is C17H25Cl2N3O4S. The van der Waals surface area contributed by atoms with Crippen LogP contribution in [0.2, 0.25) is 10.0 Å². The molecule has 10 heteroatoms. The van der Waals surface area contributed by atoms with E-state index in [2.05, 4.69) is 5.32 Å². The zero-order valence-electron chi connectivity index (χ0n) is 15.3. The minimum Gasteiger partial charge on any atom is -0.374 e. The average molecular weight is 438 g/mol. The number of rotatable bonds is 7. The van der Waals surface area contributed by atoms with Crippen LogP contribution in [0.15, 0.2) is 23.1 Å². The Kier molecular flexibility index (Phi) is 7.91. The van der Waals surface area contributed by atoms with E-state index in [-0.39, 0.29) is 42.1 Å². The normalized spacial score (nSPS) is 19.9. The molecule has 0 bridgehead atoms. The van der Waals surface area contributed by atoms with E-state index >= 15 is 0 Å². The van der Waals surface area contributed by atoms with Crippen molar-refractivity contribution in [3.8, 4) is 0 Å². The summed E-state index contributed by atoms with van der Waals surface area (Å²) in [5.74, 6) is 0.0365. The van der Waals surface area contributed by atoms with Crippen LogP contribution < -0.4 is 11.1 Å². The Morgan fingerprint density at radius 1 is 1.41 bits per heavy atom. The van der Waals surface area contributed by atoms with Crippen molar-refractivity contribution >= 4 is 39.1 Å². The summed E-state index contributed by atoms with van der Waals surface area (Å²) in [6, 6.07) is 3.66. The molecule has 27 heavy (non-hydrogen) atoms. The van der Waals surface area contributed by atoms with Crippen LogP contribution in [-0.4, -0.2) is 57.0 Å². The Balaban J connectivity index is 2.00. The first-order valence-electron chi connectivity index (χ1n) is 8.71. The maximum Gasteiger partial charge on any atom is 0.244 e. The van der Waals surface area contributed by atoms with E-state index in [1.807, 2.05) is 13.8 Å². The molecule has 1 aromatic rings. The zero-order chi connectivity index (χ0) is 20.2. The summed E-state index contributed by atoms with van der Waals surface area (Å²) in [4.78, 5) is 12.0. The van der Waals surface area contributed by atoms with Crippen molar-refractivity contribution in [1.82, 2.24) is 9.62 Å². The Morgan fingerprint density at radius 3 is 2.74 bits per heavy atom. The summed E-state index contributed by atoms with van der Waals surface area (Å²) in [5.41, 5.74) is 5.85. The number of ether oxygens (including phenoxy) is 1. The van der Waals surface area contributed by atoms with E-state index in [1.165, 1.54) is 22.5 Å². The molecule has 1 aromatic carbocycles. The Morgan fingerprint density at radius 2 is 2.11 bits per heavy atom. The highest BCUT2D eigenvalue weighted by atomic mass is 35.5. The molecule has 0 radical (unpaired) electrons. The van der Waals surface area contributed by atoms with Crippen molar-refractivity contribution in [2.45, 2.75) is 37.3 Å². The molecule has 1 heterocycles. The van der Waals surface area contributed by atoms with Gasteiger partial charge in [0.2, 0.25) is 15.9 Å². The van der Waals surface area contributed by atoms with Crippen LogP contribution in [0.3, 0.4) is 0 Å². The molecule has 0 aliphatic carbocycles. The highest BCUT2D eigenvalue weighted by molar-refractivity contribution is 7.89. The lowest BCUT2D eigenvalue weighted by Crippen LogP contribution is -2.51. The zero-order valence-corrected chi connectivity index (χ0v) is 17.6. The topological polar surface area (TPSA) is 102 Å². The number of benzene rings is 1. The van der Waals surface area contributed by atoms with E-state index in [9.17, 15) is 13.2 Å². The molecule has 1 unspecified atom stereocenters. The number of sulfonamides is 1. The van der Waals surface area contributed by atoms with Crippen LogP contribution in [0, 0.1) is 5.92 Å². The molecule has 152 valence electrons. The molecular weight excluding hydrogens is 413 g/mol. The Labute approximate surface area is 170 Å². The van der Waals surface area contributed by atoms with E-state index in [4.69, 9.17) is 33.7 Å². The van der Waals surface area contributed by atoms with Crippen LogP contribution in [-0.2, 0) is 19.6 Å². The first kappa shape index (κ1) is 22.4. The summed E-state index contributed by atoms with van der Waals surface area (Å²) in [5, 5.41) is 3.16. The van der Waals surface area contributed by atoms with Gasteiger partial charge in [-0.05, 0) is 30.5 Å².